The summed E-state index contributed by atoms with van der Waals surface area (Å²) in [6.07, 6.45) is 2.05. The van der Waals surface area contributed by atoms with Gasteiger partial charge in [-0.3, -0.25) is 4.98 Å². The molecule has 0 atom stereocenters. The number of benzene rings is 1. The number of aromatic amines is 1. The van der Waals surface area contributed by atoms with Crippen molar-refractivity contribution < 1.29 is 9.53 Å². The number of aromatic nitrogens is 4. The molecule has 134 valence electrons. The van der Waals surface area contributed by atoms with Crippen LogP contribution in [0.3, 0.4) is 0 Å². The molecule has 1 aromatic carbocycles. The summed E-state index contributed by atoms with van der Waals surface area (Å²) in [5, 5.41) is 0. The van der Waals surface area contributed by atoms with Crippen LogP contribution in [0.5, 0.6) is 0 Å². The number of ether oxygens (including phenoxy) is 1. The summed E-state index contributed by atoms with van der Waals surface area (Å²) in [6.45, 7) is 1.67. The van der Waals surface area contributed by atoms with Crippen molar-refractivity contribution in [3.05, 3.63) is 58.4 Å². The fraction of sp³-hybridized carbons (Fsp3) is 0.333. The van der Waals surface area contributed by atoms with Crippen LogP contribution in [0, 0.1) is 0 Å². The first-order valence-electron chi connectivity index (χ1n) is 8.47. The maximum absolute atomic E-state index is 12.8. The van der Waals surface area contributed by atoms with Crippen molar-refractivity contribution in [3.63, 3.8) is 0 Å². The van der Waals surface area contributed by atoms with Gasteiger partial charge in [0.2, 0.25) is 0 Å². The molecule has 8 heteroatoms. The van der Waals surface area contributed by atoms with Gasteiger partial charge in [0.25, 0.3) is 0 Å². The van der Waals surface area contributed by atoms with Crippen LogP contribution < -0.4 is 5.69 Å². The van der Waals surface area contributed by atoms with Gasteiger partial charge in [-0.25, -0.2) is 24.1 Å². The number of nitrogens with one attached hydrogen (secondary N) is 1. The van der Waals surface area contributed by atoms with Crippen LogP contribution in [-0.4, -0.2) is 57.3 Å². The minimum atomic E-state index is -0.494. The molecule has 0 saturated carbocycles. The van der Waals surface area contributed by atoms with Crippen LogP contribution >= 0.6 is 0 Å². The van der Waals surface area contributed by atoms with Gasteiger partial charge < -0.3 is 9.64 Å². The Morgan fingerprint density at radius 2 is 2.08 bits per heavy atom. The molecule has 0 unspecified atom stereocenters. The average Bonchev–Trinajstić information content (AvgIpc) is 2.94. The van der Waals surface area contributed by atoms with E-state index in [4.69, 9.17) is 4.74 Å². The van der Waals surface area contributed by atoms with Gasteiger partial charge in [0.15, 0.2) is 5.65 Å². The molecular weight excluding hydrogens is 334 g/mol. The van der Waals surface area contributed by atoms with E-state index in [9.17, 15) is 9.59 Å². The first-order chi connectivity index (χ1) is 12.7. The molecule has 1 saturated heterocycles. The number of nitrogens with zero attached hydrogens (tertiary/aromatic N) is 4. The highest BCUT2D eigenvalue weighted by molar-refractivity contribution is 5.87. The van der Waals surface area contributed by atoms with Crippen LogP contribution in [0.25, 0.3) is 11.2 Å². The minimum Gasteiger partial charge on any atom is -0.384 e. The van der Waals surface area contributed by atoms with Crippen molar-refractivity contribution in [2.24, 2.45) is 0 Å². The van der Waals surface area contributed by atoms with Gasteiger partial charge in [-0.15, -0.1) is 0 Å². The molecule has 8 nitrogen and oxygen atoms in total. The molecule has 0 radical (unpaired) electrons. The Kier molecular flexibility index (Phi) is 4.26. The first kappa shape index (κ1) is 16.5. The number of methoxy groups -OCH3 is 1. The highest BCUT2D eigenvalue weighted by Crippen LogP contribution is 2.27. The maximum atomic E-state index is 12.8. The Morgan fingerprint density at radius 1 is 1.31 bits per heavy atom. The van der Waals surface area contributed by atoms with Crippen molar-refractivity contribution in [2.75, 3.05) is 26.8 Å². The minimum absolute atomic E-state index is 0.304. The van der Waals surface area contributed by atoms with Gasteiger partial charge >= 0.3 is 11.7 Å². The molecule has 0 spiro atoms. The van der Waals surface area contributed by atoms with Crippen molar-refractivity contribution in [3.8, 4) is 0 Å². The van der Waals surface area contributed by atoms with Crippen LogP contribution in [0.15, 0.2) is 41.3 Å². The van der Waals surface area contributed by atoms with Gasteiger partial charge in [0, 0.05) is 32.5 Å². The number of likely N-dealkylation sites (tertiary alicyclic amines) is 1. The normalized spacial score (nSPS) is 14.6. The van der Waals surface area contributed by atoms with Crippen LogP contribution in [0.4, 0.5) is 4.79 Å². The smallest absolute Gasteiger partial charge is 0.336 e. The molecule has 1 aliphatic heterocycles. The Bertz CT molecular complexity index is 989. The summed E-state index contributed by atoms with van der Waals surface area (Å²) in [5.41, 5.74) is 1.47. The standard InChI is InChI=1S/C18H19N5O3/c1-26-8-7-15-19-9-14-16(20-15)21-17(24)23(14)18(25)22-10-13(11-22)12-5-3-2-4-6-12/h2-6,9,13H,7-8,10-11H2,1H3,(H,19,20,21,24). The van der Waals surface area contributed by atoms with Gasteiger partial charge in [0.05, 0.1) is 12.8 Å². The van der Waals surface area contributed by atoms with E-state index in [-0.39, 0.29) is 6.03 Å². The molecule has 4 rings (SSSR count). The molecule has 2 aromatic heterocycles. The highest BCUT2D eigenvalue weighted by atomic mass is 16.5. The SMILES string of the molecule is COCCc1ncc2c(n1)[nH]c(=O)n2C(=O)N1CC(c2ccccc2)C1. The van der Waals surface area contributed by atoms with Gasteiger partial charge in [-0.05, 0) is 5.56 Å². The van der Waals surface area contributed by atoms with E-state index in [1.165, 1.54) is 11.8 Å². The molecule has 1 fully saturated rings. The van der Waals surface area contributed by atoms with Crippen LogP contribution in [-0.2, 0) is 11.2 Å². The molecule has 0 bridgehead atoms. The van der Waals surface area contributed by atoms with E-state index in [0.717, 1.165) is 4.57 Å². The molecule has 3 aromatic rings. The summed E-state index contributed by atoms with van der Waals surface area (Å²) in [6, 6.07) is 9.71. The number of rotatable bonds is 4. The largest absolute Gasteiger partial charge is 0.384 e. The highest BCUT2D eigenvalue weighted by Gasteiger charge is 2.33. The molecule has 1 aliphatic rings. The quantitative estimate of drug-likeness (QED) is 0.765. The number of fused-ring (bicyclic) bond motifs is 1. The third-order valence-corrected chi connectivity index (χ3v) is 4.63. The van der Waals surface area contributed by atoms with Crippen molar-refractivity contribution in [1.82, 2.24) is 24.4 Å². The number of carbonyl (C=O) groups excluding carboxylic acids is 1. The second-order valence-electron chi connectivity index (χ2n) is 6.32. The number of imidazole rings is 1. The lowest BCUT2D eigenvalue weighted by molar-refractivity contribution is 0.153. The lowest BCUT2D eigenvalue weighted by atomic mass is 9.92. The molecule has 0 aliphatic carbocycles. The number of H-pyrrole nitrogens is 1. The molecule has 1 N–H and O–H groups in total. The second-order valence-corrected chi connectivity index (χ2v) is 6.32. The number of amides is 1. The van der Waals surface area contributed by atoms with E-state index in [1.54, 1.807) is 12.0 Å². The molecule has 1 amide bonds. The zero-order valence-corrected chi connectivity index (χ0v) is 14.4. The van der Waals surface area contributed by atoms with E-state index in [2.05, 4.69) is 27.1 Å². The zero-order valence-electron chi connectivity index (χ0n) is 14.4. The predicted molar refractivity (Wildman–Crippen MR) is 95.3 cm³/mol. The fourth-order valence-corrected chi connectivity index (χ4v) is 3.15. The molecule has 3 heterocycles. The Morgan fingerprint density at radius 3 is 2.81 bits per heavy atom. The summed E-state index contributed by atoms with van der Waals surface area (Å²) in [4.78, 5) is 37.8. The first-order valence-corrected chi connectivity index (χ1v) is 8.47. The maximum Gasteiger partial charge on any atom is 0.336 e. The van der Waals surface area contributed by atoms with E-state index in [0.29, 0.717) is 49.0 Å². The summed E-state index contributed by atoms with van der Waals surface area (Å²) >= 11 is 0. The number of carbonyl (C=O) groups is 1. The van der Waals surface area contributed by atoms with Gasteiger partial charge in [0.1, 0.15) is 11.3 Å². The Balaban J connectivity index is 1.54. The lowest BCUT2D eigenvalue weighted by Crippen LogP contribution is -2.51. The van der Waals surface area contributed by atoms with E-state index in [1.807, 2.05) is 18.2 Å². The summed E-state index contributed by atoms with van der Waals surface area (Å²) in [7, 11) is 1.60. The predicted octanol–water partition coefficient (Wildman–Crippen LogP) is 1.38. The van der Waals surface area contributed by atoms with Gasteiger partial charge in [-0.2, -0.15) is 0 Å². The zero-order chi connectivity index (χ0) is 18.1. The number of hydrogen-bond acceptors (Lipinski definition) is 5. The fourth-order valence-electron chi connectivity index (χ4n) is 3.15. The summed E-state index contributed by atoms with van der Waals surface area (Å²) < 4.78 is 6.11. The Hall–Kier alpha value is -3.00. The molecule has 26 heavy (non-hydrogen) atoms. The van der Waals surface area contributed by atoms with Crippen molar-refractivity contribution in [1.29, 1.82) is 0 Å². The van der Waals surface area contributed by atoms with E-state index >= 15 is 0 Å². The van der Waals surface area contributed by atoms with Crippen molar-refractivity contribution in [2.45, 2.75) is 12.3 Å². The monoisotopic (exact) mass is 353 g/mol. The van der Waals surface area contributed by atoms with Crippen LogP contribution in [0.1, 0.15) is 17.3 Å². The van der Waals surface area contributed by atoms with Crippen LogP contribution in [0.2, 0.25) is 0 Å². The second kappa shape index (κ2) is 6.72. The topological polar surface area (TPSA) is 93.1 Å². The number of hydrogen-bond donors (Lipinski definition) is 1. The van der Waals surface area contributed by atoms with E-state index < -0.39 is 5.69 Å². The third-order valence-electron chi connectivity index (χ3n) is 4.63. The van der Waals surface area contributed by atoms with Gasteiger partial charge in [-0.1, -0.05) is 30.3 Å². The third kappa shape index (κ3) is 2.88. The lowest BCUT2D eigenvalue weighted by Gasteiger charge is -2.39. The van der Waals surface area contributed by atoms with Crippen molar-refractivity contribution >= 4 is 17.2 Å². The Labute approximate surface area is 149 Å². The molecular formula is C18H19N5O3. The summed E-state index contributed by atoms with van der Waals surface area (Å²) in [5.74, 6) is 0.867. The average molecular weight is 353 g/mol.